The molecule has 0 aromatic carbocycles. The molecule has 1 fully saturated rings. The van der Waals surface area contributed by atoms with E-state index in [9.17, 15) is 10.4 Å². The van der Waals surface area contributed by atoms with Crippen molar-refractivity contribution in [3.05, 3.63) is 53.3 Å². The Hall–Kier alpha value is -3.11. The molecule has 2 aliphatic rings. The van der Waals surface area contributed by atoms with Crippen LogP contribution in [0.1, 0.15) is 23.5 Å². The third-order valence-electron chi connectivity index (χ3n) is 4.57. The van der Waals surface area contributed by atoms with Crippen molar-refractivity contribution < 1.29 is 9.84 Å². The van der Waals surface area contributed by atoms with Gasteiger partial charge in [-0.15, -0.1) is 0 Å². The van der Waals surface area contributed by atoms with Crippen molar-refractivity contribution in [1.29, 1.82) is 5.26 Å². The molecule has 2 aromatic heterocycles. The lowest BCUT2D eigenvalue weighted by molar-refractivity contribution is 0.122. The normalized spacial score (nSPS) is 17.6. The molecule has 0 spiro atoms. The Kier molecular flexibility index (Phi) is 4.19. The zero-order chi connectivity index (χ0) is 18.1. The fraction of sp³-hybridized carbons (Fsp3) is 0.316. The number of aliphatic hydroxyl groups excluding tert-OH is 1. The van der Waals surface area contributed by atoms with E-state index in [4.69, 9.17) is 9.72 Å². The average Bonchev–Trinajstić information content (AvgIpc) is 2.82. The van der Waals surface area contributed by atoms with Crippen molar-refractivity contribution in [1.82, 2.24) is 14.4 Å². The van der Waals surface area contributed by atoms with Crippen LogP contribution in [0.4, 0.5) is 5.82 Å². The lowest BCUT2D eigenvalue weighted by Gasteiger charge is -2.28. The summed E-state index contributed by atoms with van der Waals surface area (Å²) in [4.78, 5) is 11.6. The van der Waals surface area contributed by atoms with E-state index < -0.39 is 0 Å². The van der Waals surface area contributed by atoms with Crippen LogP contribution in [0.3, 0.4) is 0 Å². The van der Waals surface area contributed by atoms with Gasteiger partial charge in [-0.3, -0.25) is 4.40 Å². The number of aliphatic hydroxyl groups is 1. The lowest BCUT2D eigenvalue weighted by Crippen LogP contribution is -2.37. The number of aryl methyl sites for hydroxylation is 1. The summed E-state index contributed by atoms with van der Waals surface area (Å²) < 4.78 is 7.27. The van der Waals surface area contributed by atoms with Crippen LogP contribution in [-0.2, 0) is 4.74 Å². The monoisotopic (exact) mass is 349 g/mol. The molecule has 26 heavy (non-hydrogen) atoms. The molecule has 1 N–H and O–H groups in total. The summed E-state index contributed by atoms with van der Waals surface area (Å²) in [6.45, 7) is 4.59. The Morgan fingerprint density at radius 1 is 1.27 bits per heavy atom. The van der Waals surface area contributed by atoms with Gasteiger partial charge in [-0.25, -0.2) is 9.97 Å². The van der Waals surface area contributed by atoms with Gasteiger partial charge in [0.2, 0.25) is 0 Å². The quantitative estimate of drug-likeness (QED) is 0.896. The van der Waals surface area contributed by atoms with E-state index in [1.807, 2.05) is 29.7 Å². The van der Waals surface area contributed by atoms with Gasteiger partial charge in [0.05, 0.1) is 30.4 Å². The maximum Gasteiger partial charge on any atom is 0.181 e. The topological polar surface area (TPSA) is 86.7 Å². The molecule has 0 radical (unpaired) electrons. The summed E-state index contributed by atoms with van der Waals surface area (Å²) in [7, 11) is 0. The number of rotatable bonds is 2. The van der Waals surface area contributed by atoms with Gasteiger partial charge in [0.15, 0.2) is 11.5 Å². The minimum absolute atomic E-state index is 0.307. The summed E-state index contributed by atoms with van der Waals surface area (Å²) >= 11 is 0. The molecule has 132 valence electrons. The van der Waals surface area contributed by atoms with Crippen molar-refractivity contribution in [3.63, 3.8) is 0 Å². The third kappa shape index (κ3) is 2.85. The number of hydrogen-bond acceptors (Lipinski definition) is 6. The van der Waals surface area contributed by atoms with E-state index in [2.05, 4.69) is 16.0 Å². The summed E-state index contributed by atoms with van der Waals surface area (Å²) in [6.07, 6.45) is 9.62. The molecule has 3 heterocycles. The third-order valence-corrected chi connectivity index (χ3v) is 4.57. The Labute approximate surface area is 151 Å². The Bertz CT molecular complexity index is 988. The predicted octanol–water partition coefficient (Wildman–Crippen LogP) is 2.53. The van der Waals surface area contributed by atoms with Gasteiger partial charge in [0, 0.05) is 25.7 Å². The van der Waals surface area contributed by atoms with Crippen LogP contribution in [0.5, 0.6) is 0 Å². The van der Waals surface area contributed by atoms with Crippen LogP contribution >= 0.6 is 0 Å². The number of fused-ring (bicyclic) bond motifs is 1. The number of morpholine rings is 1. The molecule has 0 unspecified atom stereocenters. The molecule has 0 bridgehead atoms. The van der Waals surface area contributed by atoms with E-state index in [-0.39, 0.29) is 0 Å². The largest absolute Gasteiger partial charge is 0.512 e. The highest BCUT2D eigenvalue weighted by molar-refractivity contribution is 5.76. The molecule has 1 saturated heterocycles. The van der Waals surface area contributed by atoms with Gasteiger partial charge in [0.1, 0.15) is 11.8 Å². The van der Waals surface area contributed by atoms with Gasteiger partial charge in [0.25, 0.3) is 0 Å². The van der Waals surface area contributed by atoms with Gasteiger partial charge in [-0.1, -0.05) is 18.2 Å². The molecular formula is C19H19N5O2. The highest BCUT2D eigenvalue weighted by Crippen LogP contribution is 2.27. The number of anilines is 1. The van der Waals surface area contributed by atoms with Crippen LogP contribution in [0, 0.1) is 18.3 Å². The van der Waals surface area contributed by atoms with Crippen LogP contribution in [0.2, 0.25) is 0 Å². The van der Waals surface area contributed by atoms with Crippen LogP contribution < -0.4 is 4.90 Å². The first-order valence-electron chi connectivity index (χ1n) is 8.56. The number of hydrogen-bond donors (Lipinski definition) is 1. The number of allylic oxidation sites excluding steroid dienone is 5. The molecule has 4 rings (SSSR count). The van der Waals surface area contributed by atoms with E-state index in [1.165, 1.54) is 0 Å². The molecule has 0 amide bonds. The number of nitrogens with zero attached hydrogens (tertiary/aromatic N) is 5. The number of ether oxygens (including phenoxy) is 1. The van der Waals surface area contributed by atoms with E-state index in [0.29, 0.717) is 42.4 Å². The molecule has 7 nitrogen and oxygen atoms in total. The zero-order valence-corrected chi connectivity index (χ0v) is 14.5. The molecular weight excluding hydrogens is 330 g/mol. The number of nitriles is 1. The van der Waals surface area contributed by atoms with Gasteiger partial charge in [-0.05, 0) is 18.6 Å². The van der Waals surface area contributed by atoms with E-state index in [0.717, 1.165) is 30.2 Å². The smallest absolute Gasteiger partial charge is 0.181 e. The molecule has 0 saturated carbocycles. The van der Waals surface area contributed by atoms with E-state index in [1.54, 1.807) is 12.2 Å². The first kappa shape index (κ1) is 16.4. The maximum atomic E-state index is 9.73. The van der Waals surface area contributed by atoms with Crippen molar-refractivity contribution in [2.75, 3.05) is 31.2 Å². The molecule has 7 heteroatoms. The fourth-order valence-electron chi connectivity index (χ4n) is 3.21. The predicted molar refractivity (Wildman–Crippen MR) is 97.9 cm³/mol. The summed E-state index contributed by atoms with van der Waals surface area (Å²) in [6, 6.07) is 2.24. The second-order valence-electron chi connectivity index (χ2n) is 6.28. The zero-order valence-electron chi connectivity index (χ0n) is 14.5. The van der Waals surface area contributed by atoms with Crippen molar-refractivity contribution >= 4 is 17.0 Å². The van der Waals surface area contributed by atoms with Gasteiger partial charge < -0.3 is 14.7 Å². The minimum atomic E-state index is 0.307. The highest BCUT2D eigenvalue weighted by atomic mass is 16.5. The average molecular weight is 349 g/mol. The summed E-state index contributed by atoms with van der Waals surface area (Å²) in [5.41, 5.74) is 3.52. The molecule has 1 aliphatic heterocycles. The van der Waals surface area contributed by atoms with Gasteiger partial charge in [-0.2, -0.15) is 5.26 Å². The van der Waals surface area contributed by atoms with Crippen molar-refractivity contribution in [3.8, 4) is 6.07 Å². The summed E-state index contributed by atoms with van der Waals surface area (Å²) in [5.74, 6) is 1.06. The Morgan fingerprint density at radius 2 is 2.08 bits per heavy atom. The van der Waals surface area contributed by atoms with Gasteiger partial charge >= 0.3 is 0 Å². The number of aromatic nitrogens is 3. The molecule has 2 aromatic rings. The van der Waals surface area contributed by atoms with Crippen molar-refractivity contribution in [2.24, 2.45) is 0 Å². The first-order valence-corrected chi connectivity index (χ1v) is 8.56. The molecule has 1 aliphatic carbocycles. The number of imidazole rings is 1. The Balaban J connectivity index is 1.90. The SMILES string of the molecule is Cc1nc2c(N3CCOCC3)nc(C3=CCC(O)=CC=C3)cn2c1C#N. The second-order valence-corrected chi connectivity index (χ2v) is 6.28. The maximum absolute atomic E-state index is 9.73. The van der Waals surface area contributed by atoms with Crippen LogP contribution in [0.25, 0.3) is 11.2 Å². The fourth-order valence-corrected chi connectivity index (χ4v) is 3.21. The highest BCUT2D eigenvalue weighted by Gasteiger charge is 2.21. The van der Waals surface area contributed by atoms with Crippen molar-refractivity contribution in [2.45, 2.75) is 13.3 Å². The van der Waals surface area contributed by atoms with Crippen LogP contribution in [-0.4, -0.2) is 45.8 Å². The van der Waals surface area contributed by atoms with Crippen LogP contribution in [0.15, 0.2) is 36.3 Å². The first-order chi connectivity index (χ1) is 12.7. The Morgan fingerprint density at radius 3 is 2.85 bits per heavy atom. The standard InChI is InChI=1S/C19H19N5O2/c1-13-17(11-20)24-12-16(14-3-2-4-15(25)6-5-14)22-18(19(24)21-13)23-7-9-26-10-8-23/h2-5,12,25H,6-10H2,1H3. The van der Waals surface area contributed by atoms with E-state index >= 15 is 0 Å². The summed E-state index contributed by atoms with van der Waals surface area (Å²) in [5, 5.41) is 19.3. The minimum Gasteiger partial charge on any atom is -0.512 e. The lowest BCUT2D eigenvalue weighted by atomic mass is 10.1. The molecule has 0 atom stereocenters. The second kappa shape index (κ2) is 6.65.